The number of amides is 1. The number of carbonyl (C=O) groups excluding carboxylic acids is 3. The first kappa shape index (κ1) is 75.9. The number of halogens is 6. The molecule has 418 valence electrons. The minimum Gasteiger partial charge on any atom is -0.478 e. The number of benzene rings is 3. The third kappa shape index (κ3) is 31.3. The summed E-state index contributed by atoms with van der Waals surface area (Å²) in [6.45, 7) is -0.560. The highest BCUT2D eigenvalue weighted by Crippen LogP contribution is 2.21. The maximum Gasteiger partial charge on any atom is 0.335 e. The van der Waals surface area contributed by atoms with Crippen LogP contribution in [0.4, 0.5) is 28.4 Å². The van der Waals surface area contributed by atoms with E-state index in [0.717, 1.165) is 6.20 Å². The number of nitrogens with zero attached hydrogens (tertiary/aromatic N) is 7. The highest BCUT2D eigenvalue weighted by atomic mass is 35.5. The van der Waals surface area contributed by atoms with Crippen LogP contribution >= 0.6 is 72.0 Å². The SMILES string of the molecule is Cl.Cl.Cl.ClCCl.NCC(=O)c1ncccc1[N+](=O)[O-].NCC(=O)c1ncccc1[N+](=O)[O-].NNC(=O)c1ccccc1.Nc1ccncc1N.O=C(O)c1ccccc1.O=C(O)c1ccccc1.O=[N+]([O-])c1cnccc1Cl. The normalized spacial score (nSPS) is 8.74. The summed E-state index contributed by atoms with van der Waals surface area (Å²) in [5.41, 5.74) is 24.1. The van der Waals surface area contributed by atoms with Gasteiger partial charge in [-0.15, -0.1) is 60.4 Å². The predicted molar refractivity (Wildman–Crippen MR) is 301 cm³/mol. The Hall–Kier alpha value is -8.57. The Bertz CT molecular complexity index is 2770. The lowest BCUT2D eigenvalue weighted by atomic mass is 10.2. The molecular formula is C46H49Cl6N13O13. The number of carboxylic acids is 2. The Morgan fingerprint density at radius 3 is 1.12 bits per heavy atom. The Kier molecular flexibility index (Phi) is 43.5. The molecule has 0 spiro atoms. The van der Waals surface area contributed by atoms with Crippen LogP contribution in [0, 0.1) is 30.3 Å². The van der Waals surface area contributed by atoms with E-state index in [2.05, 4.69) is 19.9 Å². The number of anilines is 2. The number of hydrogen-bond acceptors (Lipinski definition) is 20. The molecule has 1 amide bonds. The smallest absolute Gasteiger partial charge is 0.335 e. The van der Waals surface area contributed by atoms with Crippen LogP contribution in [0.2, 0.25) is 5.02 Å². The van der Waals surface area contributed by atoms with Gasteiger partial charge in [0.15, 0.2) is 11.4 Å². The quantitative estimate of drug-likeness (QED) is 0.0161. The van der Waals surface area contributed by atoms with Crippen molar-refractivity contribution in [2.24, 2.45) is 17.3 Å². The van der Waals surface area contributed by atoms with Crippen LogP contribution in [-0.4, -0.2) is 92.8 Å². The van der Waals surface area contributed by atoms with Gasteiger partial charge >= 0.3 is 17.6 Å². The van der Waals surface area contributed by atoms with E-state index >= 15 is 0 Å². The van der Waals surface area contributed by atoms with Gasteiger partial charge in [-0.1, -0.05) is 66.2 Å². The molecule has 0 radical (unpaired) electrons. The fourth-order valence-electron chi connectivity index (χ4n) is 4.47. The van der Waals surface area contributed by atoms with Gasteiger partial charge in [-0.3, -0.25) is 60.1 Å². The van der Waals surface area contributed by atoms with Crippen molar-refractivity contribution in [2.75, 3.05) is 29.9 Å². The second-order valence-corrected chi connectivity index (χ2v) is 14.1. The average molecular weight is 1200 g/mol. The number of ketones is 2. The highest BCUT2D eigenvalue weighted by molar-refractivity contribution is 6.40. The van der Waals surface area contributed by atoms with E-state index in [1.807, 2.05) is 11.5 Å². The standard InChI is InChI=1S/2C7H7N3O3.C7H8N2O.2C7H6O2.C5H3ClN2O2.C5H7N3.CH2Cl2.3ClH/c2*8-4-6(11)7-5(10(12)13)2-1-3-9-7;8-9-7(10)6-4-2-1-3-5-6;2*8-7(9)6-4-2-1-3-5-6;6-4-1-2-7-3-5(4)8(9)10;6-4-1-2-8-3-5(4)7;2-1-3;;;/h2*1-3H,4,8H2;1-5H,8H2,(H,9,10);2*1-5H,(H,8,9);1-3H;1-3H,7H2,(H2,6,8);1H2;3*1H. The van der Waals surface area contributed by atoms with Crippen LogP contribution in [-0.2, 0) is 0 Å². The van der Waals surface area contributed by atoms with Gasteiger partial charge in [0.25, 0.3) is 17.3 Å². The van der Waals surface area contributed by atoms with Gasteiger partial charge in [0, 0.05) is 42.5 Å². The van der Waals surface area contributed by atoms with Crippen LogP contribution in [0.1, 0.15) is 52.1 Å². The van der Waals surface area contributed by atoms with E-state index in [1.54, 1.807) is 97.2 Å². The maximum absolute atomic E-state index is 11.0. The zero-order valence-corrected chi connectivity index (χ0v) is 44.7. The Morgan fingerprint density at radius 2 is 0.859 bits per heavy atom. The minimum atomic E-state index is -0.879. The first-order valence-corrected chi connectivity index (χ1v) is 21.8. The zero-order chi connectivity index (χ0) is 56.7. The third-order valence-electron chi connectivity index (χ3n) is 7.91. The molecule has 0 unspecified atom stereocenters. The molecule has 0 aliphatic heterocycles. The fraction of sp³-hybridized carbons (Fsp3) is 0.0652. The molecule has 7 rings (SSSR count). The third-order valence-corrected chi connectivity index (χ3v) is 8.23. The summed E-state index contributed by atoms with van der Waals surface area (Å²) in [5.74, 6) is 1.81. The lowest BCUT2D eigenvalue weighted by molar-refractivity contribution is -0.385. The molecule has 3 aromatic carbocycles. The number of aromatic carboxylic acids is 2. The van der Waals surface area contributed by atoms with E-state index < -0.39 is 38.3 Å². The number of rotatable bonds is 10. The predicted octanol–water partition coefficient (Wildman–Crippen LogP) is 7.90. The number of nitrogen functional groups attached to an aromatic ring is 3. The number of alkyl halides is 2. The molecule has 78 heavy (non-hydrogen) atoms. The van der Waals surface area contributed by atoms with Crippen LogP contribution in [0.15, 0.2) is 165 Å². The van der Waals surface area contributed by atoms with Gasteiger partial charge in [0.2, 0.25) is 11.6 Å². The van der Waals surface area contributed by atoms with Gasteiger partial charge < -0.3 is 33.1 Å². The van der Waals surface area contributed by atoms with Crippen molar-refractivity contribution in [3.05, 3.63) is 228 Å². The number of nitrogens with two attached hydrogens (primary N) is 5. The summed E-state index contributed by atoms with van der Waals surface area (Å²) < 4.78 is 0. The number of aromatic nitrogens is 4. The topological polar surface area (TPSA) is 449 Å². The molecule has 4 heterocycles. The lowest BCUT2D eigenvalue weighted by Crippen LogP contribution is -2.29. The van der Waals surface area contributed by atoms with Crippen molar-refractivity contribution in [1.82, 2.24) is 25.4 Å². The summed E-state index contributed by atoms with van der Waals surface area (Å²) in [6.07, 6.45) is 8.27. The van der Waals surface area contributed by atoms with Crippen LogP contribution in [0.5, 0.6) is 0 Å². The average Bonchev–Trinajstić information content (AvgIpc) is 3.43. The van der Waals surface area contributed by atoms with Crippen molar-refractivity contribution < 1.29 is 49.0 Å². The maximum atomic E-state index is 11.0. The van der Waals surface area contributed by atoms with Crippen molar-refractivity contribution in [3.8, 4) is 0 Å². The summed E-state index contributed by atoms with van der Waals surface area (Å²) in [6, 6.07) is 33.7. The van der Waals surface area contributed by atoms with E-state index in [0.29, 0.717) is 28.1 Å². The summed E-state index contributed by atoms with van der Waals surface area (Å²) in [4.78, 5) is 96.8. The van der Waals surface area contributed by atoms with Crippen molar-refractivity contribution in [1.29, 1.82) is 0 Å². The fourth-order valence-corrected chi connectivity index (χ4v) is 4.64. The van der Waals surface area contributed by atoms with Crippen LogP contribution in [0.3, 0.4) is 0 Å². The Morgan fingerprint density at radius 1 is 0.513 bits per heavy atom. The molecule has 4 aromatic heterocycles. The molecule has 0 aliphatic rings. The first-order chi connectivity index (χ1) is 35.7. The van der Waals surface area contributed by atoms with E-state index in [9.17, 15) is 54.3 Å². The van der Waals surface area contributed by atoms with E-state index in [4.69, 9.17) is 73.8 Å². The molecule has 0 saturated heterocycles. The molecule has 0 aliphatic carbocycles. The van der Waals surface area contributed by atoms with Crippen molar-refractivity contribution >= 4 is 130 Å². The first-order valence-electron chi connectivity index (χ1n) is 20.3. The number of hydrogen-bond donors (Lipinski definition) is 8. The molecule has 0 bridgehead atoms. The minimum absolute atomic E-state index is 0. The number of hydrazine groups is 1. The molecule has 0 saturated carbocycles. The monoisotopic (exact) mass is 1200 g/mol. The van der Waals surface area contributed by atoms with Gasteiger partial charge in [-0.25, -0.2) is 25.4 Å². The second kappa shape index (κ2) is 44.7. The van der Waals surface area contributed by atoms with Crippen LogP contribution in [0.25, 0.3) is 0 Å². The van der Waals surface area contributed by atoms with Gasteiger partial charge in [0.05, 0.1) is 61.9 Å². The lowest BCUT2D eigenvalue weighted by Gasteiger charge is -1.97. The number of pyridine rings is 4. The molecule has 26 nitrogen and oxygen atoms in total. The molecular weight excluding hydrogens is 1160 g/mol. The number of carbonyl (C=O) groups is 5. The number of nitrogens with one attached hydrogen (secondary N) is 1. The van der Waals surface area contributed by atoms with Crippen molar-refractivity contribution in [3.63, 3.8) is 0 Å². The molecule has 0 fully saturated rings. The van der Waals surface area contributed by atoms with E-state index in [-0.39, 0.29) is 95.0 Å². The molecule has 13 N–H and O–H groups in total. The Balaban J connectivity index is -0.000000405. The summed E-state index contributed by atoms with van der Waals surface area (Å²) in [5, 5.41) is 48.0. The molecule has 7 aromatic rings. The number of nitro groups is 3. The largest absolute Gasteiger partial charge is 0.478 e. The number of Topliss-reactive ketones (excluding diaryl/α,β-unsaturated/α-hetero) is 2. The van der Waals surface area contributed by atoms with E-state index in [1.165, 1.54) is 55.1 Å². The highest BCUT2D eigenvalue weighted by Gasteiger charge is 2.20. The van der Waals surface area contributed by atoms with Crippen molar-refractivity contribution in [2.45, 2.75) is 0 Å². The van der Waals surface area contributed by atoms with Gasteiger partial charge in [-0.05, 0) is 60.7 Å². The van der Waals surface area contributed by atoms with Gasteiger partial charge in [-0.2, -0.15) is 0 Å². The molecule has 32 heteroatoms. The van der Waals surface area contributed by atoms with Crippen LogP contribution < -0.4 is 34.2 Å². The van der Waals surface area contributed by atoms with Gasteiger partial charge in [0.1, 0.15) is 11.2 Å². The Labute approximate surface area is 477 Å². The zero-order valence-electron chi connectivity index (χ0n) is 40.0. The number of carboxylic acid groups (broad SMARTS) is 2. The summed E-state index contributed by atoms with van der Waals surface area (Å²) in [7, 11) is 0. The second-order valence-electron chi connectivity index (χ2n) is 12.9. The molecule has 0 atom stereocenters. The summed E-state index contributed by atoms with van der Waals surface area (Å²) >= 11 is 15.0.